The van der Waals surface area contributed by atoms with Crippen LogP contribution < -0.4 is 5.32 Å². The maximum absolute atomic E-state index is 13.6. The van der Waals surface area contributed by atoms with Gasteiger partial charge in [-0.25, -0.2) is 18.6 Å². The number of aromatic nitrogens is 1. The third-order valence-electron chi connectivity index (χ3n) is 2.42. The lowest BCUT2D eigenvalue weighted by molar-refractivity contribution is 0.0696. The van der Waals surface area contributed by atoms with Gasteiger partial charge in [0.15, 0.2) is 0 Å². The molecule has 0 aliphatic rings. The SMILES string of the molecule is O=C(O)c1ccc(NC(=O)c2ccc(F)cn2)c(F)c1. The summed E-state index contributed by atoms with van der Waals surface area (Å²) < 4.78 is 26.2. The first kappa shape index (κ1) is 13.6. The van der Waals surface area contributed by atoms with Crippen molar-refractivity contribution < 1.29 is 23.5 Å². The summed E-state index contributed by atoms with van der Waals surface area (Å²) in [5.74, 6) is -3.49. The summed E-state index contributed by atoms with van der Waals surface area (Å²) in [6.45, 7) is 0. The van der Waals surface area contributed by atoms with E-state index in [0.29, 0.717) is 0 Å². The van der Waals surface area contributed by atoms with Gasteiger partial charge in [0.25, 0.3) is 5.91 Å². The van der Waals surface area contributed by atoms with E-state index in [2.05, 4.69) is 10.3 Å². The van der Waals surface area contributed by atoms with E-state index in [1.807, 2.05) is 0 Å². The molecule has 0 saturated carbocycles. The number of carbonyl (C=O) groups excluding carboxylic acids is 1. The number of aromatic carboxylic acids is 1. The number of amides is 1. The molecule has 0 aliphatic carbocycles. The Labute approximate surface area is 111 Å². The summed E-state index contributed by atoms with van der Waals surface area (Å²) in [4.78, 5) is 25.9. The lowest BCUT2D eigenvalue weighted by Crippen LogP contribution is -2.15. The standard InChI is InChI=1S/C13H8F2N2O3/c14-8-2-4-11(16-6-8)12(18)17-10-3-1-7(13(19)20)5-9(10)15/h1-6H,(H,17,18)(H,19,20). The number of hydrogen-bond acceptors (Lipinski definition) is 3. The molecule has 102 valence electrons. The Kier molecular flexibility index (Phi) is 3.69. The number of anilines is 1. The van der Waals surface area contributed by atoms with Gasteiger partial charge in [-0.3, -0.25) is 4.79 Å². The van der Waals surface area contributed by atoms with Crippen LogP contribution in [0.5, 0.6) is 0 Å². The van der Waals surface area contributed by atoms with Gasteiger partial charge in [0, 0.05) is 0 Å². The Morgan fingerprint density at radius 2 is 1.90 bits per heavy atom. The molecule has 1 aromatic carbocycles. The van der Waals surface area contributed by atoms with Crippen molar-refractivity contribution in [2.24, 2.45) is 0 Å². The Hall–Kier alpha value is -2.83. The molecule has 0 unspecified atom stereocenters. The van der Waals surface area contributed by atoms with Crippen LogP contribution in [-0.4, -0.2) is 22.0 Å². The normalized spacial score (nSPS) is 10.1. The zero-order chi connectivity index (χ0) is 14.7. The number of pyridine rings is 1. The van der Waals surface area contributed by atoms with E-state index in [-0.39, 0.29) is 16.9 Å². The van der Waals surface area contributed by atoms with Crippen molar-refractivity contribution in [3.63, 3.8) is 0 Å². The fourth-order valence-corrected chi connectivity index (χ4v) is 1.45. The molecule has 0 aliphatic heterocycles. The van der Waals surface area contributed by atoms with Crippen LogP contribution in [0.1, 0.15) is 20.8 Å². The van der Waals surface area contributed by atoms with E-state index >= 15 is 0 Å². The molecule has 0 atom stereocenters. The quantitative estimate of drug-likeness (QED) is 0.903. The fourth-order valence-electron chi connectivity index (χ4n) is 1.45. The molecular weight excluding hydrogens is 270 g/mol. The second-order valence-electron chi connectivity index (χ2n) is 3.82. The van der Waals surface area contributed by atoms with E-state index in [9.17, 15) is 18.4 Å². The van der Waals surface area contributed by atoms with Crippen molar-refractivity contribution >= 4 is 17.6 Å². The molecule has 0 spiro atoms. The summed E-state index contributed by atoms with van der Waals surface area (Å²) in [6, 6.07) is 5.26. The van der Waals surface area contributed by atoms with E-state index in [0.717, 1.165) is 36.5 Å². The Balaban J connectivity index is 2.19. The summed E-state index contributed by atoms with van der Waals surface area (Å²) in [7, 11) is 0. The summed E-state index contributed by atoms with van der Waals surface area (Å²) in [5.41, 5.74) is -0.514. The van der Waals surface area contributed by atoms with Crippen LogP contribution >= 0.6 is 0 Å². The highest BCUT2D eigenvalue weighted by Crippen LogP contribution is 2.16. The highest BCUT2D eigenvalue weighted by Gasteiger charge is 2.12. The highest BCUT2D eigenvalue weighted by molar-refractivity contribution is 6.03. The van der Waals surface area contributed by atoms with Gasteiger partial charge < -0.3 is 10.4 Å². The van der Waals surface area contributed by atoms with Crippen molar-refractivity contribution in [1.29, 1.82) is 0 Å². The second kappa shape index (κ2) is 5.43. The average molecular weight is 278 g/mol. The smallest absolute Gasteiger partial charge is 0.335 e. The van der Waals surface area contributed by atoms with E-state index in [1.165, 1.54) is 0 Å². The zero-order valence-corrected chi connectivity index (χ0v) is 9.93. The number of hydrogen-bond donors (Lipinski definition) is 2. The molecular formula is C13H8F2N2O3. The van der Waals surface area contributed by atoms with Gasteiger partial charge in [-0.1, -0.05) is 0 Å². The Bertz CT molecular complexity index is 672. The number of benzene rings is 1. The van der Waals surface area contributed by atoms with Crippen molar-refractivity contribution in [3.8, 4) is 0 Å². The molecule has 2 N–H and O–H groups in total. The highest BCUT2D eigenvalue weighted by atomic mass is 19.1. The first-order valence-corrected chi connectivity index (χ1v) is 5.43. The molecule has 1 amide bonds. The minimum absolute atomic E-state index is 0.0897. The van der Waals surface area contributed by atoms with E-state index in [4.69, 9.17) is 5.11 Å². The van der Waals surface area contributed by atoms with E-state index in [1.54, 1.807) is 0 Å². The molecule has 0 fully saturated rings. The Morgan fingerprint density at radius 3 is 2.45 bits per heavy atom. The van der Waals surface area contributed by atoms with Gasteiger partial charge in [-0.15, -0.1) is 0 Å². The van der Waals surface area contributed by atoms with Crippen LogP contribution in [0, 0.1) is 11.6 Å². The maximum atomic E-state index is 13.6. The second-order valence-corrected chi connectivity index (χ2v) is 3.82. The molecule has 7 heteroatoms. The molecule has 1 aromatic heterocycles. The van der Waals surface area contributed by atoms with Crippen LogP contribution in [-0.2, 0) is 0 Å². The average Bonchev–Trinajstić information content (AvgIpc) is 2.41. The largest absolute Gasteiger partial charge is 0.478 e. The number of carboxylic acid groups (broad SMARTS) is 1. The maximum Gasteiger partial charge on any atom is 0.335 e. The van der Waals surface area contributed by atoms with Crippen molar-refractivity contribution in [2.75, 3.05) is 5.32 Å². The minimum atomic E-state index is -1.28. The fraction of sp³-hybridized carbons (Fsp3) is 0. The van der Waals surface area contributed by atoms with Crippen molar-refractivity contribution in [2.45, 2.75) is 0 Å². The first-order valence-electron chi connectivity index (χ1n) is 5.43. The third kappa shape index (κ3) is 2.94. The zero-order valence-electron chi connectivity index (χ0n) is 9.93. The number of rotatable bonds is 3. The lowest BCUT2D eigenvalue weighted by Gasteiger charge is -2.06. The number of carbonyl (C=O) groups is 2. The number of carboxylic acids is 1. The van der Waals surface area contributed by atoms with Gasteiger partial charge >= 0.3 is 5.97 Å². The van der Waals surface area contributed by atoms with Crippen LogP contribution in [0.2, 0.25) is 0 Å². The van der Waals surface area contributed by atoms with Crippen LogP contribution in [0.25, 0.3) is 0 Å². The molecule has 0 radical (unpaired) electrons. The minimum Gasteiger partial charge on any atom is -0.478 e. The third-order valence-corrected chi connectivity index (χ3v) is 2.42. The predicted molar refractivity (Wildman–Crippen MR) is 65.5 cm³/mol. The topological polar surface area (TPSA) is 79.3 Å². The van der Waals surface area contributed by atoms with Gasteiger partial charge in [-0.2, -0.15) is 0 Å². The summed E-state index contributed by atoms with van der Waals surface area (Å²) >= 11 is 0. The molecule has 5 nitrogen and oxygen atoms in total. The van der Waals surface area contributed by atoms with Gasteiger partial charge in [-0.05, 0) is 30.3 Å². The van der Waals surface area contributed by atoms with Crippen LogP contribution in [0.3, 0.4) is 0 Å². The first-order chi connectivity index (χ1) is 9.47. The Morgan fingerprint density at radius 1 is 1.15 bits per heavy atom. The number of halogens is 2. The van der Waals surface area contributed by atoms with Gasteiger partial charge in [0.05, 0.1) is 17.4 Å². The molecule has 2 aromatic rings. The summed E-state index contributed by atoms with van der Waals surface area (Å²) in [6.07, 6.45) is 0.860. The number of nitrogens with one attached hydrogen (secondary N) is 1. The van der Waals surface area contributed by atoms with Crippen LogP contribution in [0.15, 0.2) is 36.5 Å². The monoisotopic (exact) mass is 278 g/mol. The van der Waals surface area contributed by atoms with Crippen LogP contribution in [0.4, 0.5) is 14.5 Å². The number of nitrogens with zero attached hydrogens (tertiary/aromatic N) is 1. The van der Waals surface area contributed by atoms with E-state index < -0.39 is 23.5 Å². The summed E-state index contributed by atoms with van der Waals surface area (Å²) in [5, 5.41) is 10.9. The molecule has 1 heterocycles. The lowest BCUT2D eigenvalue weighted by atomic mass is 10.2. The predicted octanol–water partition coefficient (Wildman–Crippen LogP) is 2.31. The molecule has 2 rings (SSSR count). The van der Waals surface area contributed by atoms with Gasteiger partial charge in [0.2, 0.25) is 0 Å². The molecule has 20 heavy (non-hydrogen) atoms. The van der Waals surface area contributed by atoms with Crippen molar-refractivity contribution in [3.05, 3.63) is 59.4 Å². The molecule has 0 saturated heterocycles. The van der Waals surface area contributed by atoms with Gasteiger partial charge in [0.1, 0.15) is 17.3 Å². The van der Waals surface area contributed by atoms with Crippen molar-refractivity contribution in [1.82, 2.24) is 4.98 Å². The molecule has 0 bridgehead atoms.